The molecule has 24 heavy (non-hydrogen) atoms. The first-order valence-electron chi connectivity index (χ1n) is 8.21. The molecule has 1 aliphatic carbocycles. The molecule has 0 bridgehead atoms. The first kappa shape index (κ1) is 20.3. The van der Waals surface area contributed by atoms with E-state index in [1.54, 1.807) is 20.8 Å². The Morgan fingerprint density at radius 3 is 2.21 bits per heavy atom. The van der Waals surface area contributed by atoms with Crippen LogP contribution >= 0.6 is 0 Å². The first-order valence-corrected chi connectivity index (χ1v) is 8.21. The van der Waals surface area contributed by atoms with E-state index in [1.807, 2.05) is 0 Å². The molecular formula is C18H27NO5. The van der Waals surface area contributed by atoms with Crippen molar-refractivity contribution in [2.75, 3.05) is 13.2 Å². The molecule has 0 fully saturated rings. The molecule has 1 rings (SSSR count). The highest BCUT2D eigenvalue weighted by Gasteiger charge is 2.33. The lowest BCUT2D eigenvalue weighted by molar-refractivity contribution is -0.138. The number of hydrogen-bond acceptors (Lipinski definition) is 5. The standard InChI is InChI=1S/C18H27NO5/c1-11-12(2)16(22)14(13(3)15(11)21)7-8-18(4,24)17(23)19-9-5-6-10-20/h20,24H,5-10H2,1-4H3,(H,19,23). The van der Waals surface area contributed by atoms with Crippen LogP contribution in [0.3, 0.4) is 0 Å². The SMILES string of the molecule is CC1=C(C)C(=O)C(CCC(C)(O)C(=O)NCCCCO)=C(C)C1=O. The number of hydrogen-bond donors (Lipinski definition) is 3. The van der Waals surface area contributed by atoms with Gasteiger partial charge in [0, 0.05) is 35.4 Å². The van der Waals surface area contributed by atoms with Crippen LogP contribution in [-0.2, 0) is 14.4 Å². The maximum absolute atomic E-state index is 12.3. The molecule has 0 saturated carbocycles. The summed E-state index contributed by atoms with van der Waals surface area (Å²) in [6.45, 7) is 6.68. The Morgan fingerprint density at radius 1 is 1.04 bits per heavy atom. The zero-order valence-electron chi connectivity index (χ0n) is 14.9. The van der Waals surface area contributed by atoms with Crippen LogP contribution in [0.5, 0.6) is 0 Å². The molecule has 0 spiro atoms. The number of amides is 1. The summed E-state index contributed by atoms with van der Waals surface area (Å²) in [6, 6.07) is 0. The molecule has 1 amide bonds. The van der Waals surface area contributed by atoms with Gasteiger partial charge in [0.05, 0.1) is 0 Å². The zero-order chi connectivity index (χ0) is 18.5. The van der Waals surface area contributed by atoms with Crippen molar-refractivity contribution >= 4 is 17.5 Å². The Balaban J connectivity index is 2.71. The van der Waals surface area contributed by atoms with Gasteiger partial charge in [-0.1, -0.05) is 0 Å². The molecule has 6 heteroatoms. The first-order chi connectivity index (χ1) is 11.1. The van der Waals surface area contributed by atoms with Crippen LogP contribution in [-0.4, -0.2) is 46.4 Å². The topological polar surface area (TPSA) is 104 Å². The third-order valence-electron chi connectivity index (χ3n) is 4.53. The summed E-state index contributed by atoms with van der Waals surface area (Å²) in [4.78, 5) is 36.5. The molecule has 0 aromatic rings. The smallest absolute Gasteiger partial charge is 0.251 e. The highest BCUT2D eigenvalue weighted by Crippen LogP contribution is 2.28. The predicted molar refractivity (Wildman–Crippen MR) is 90.3 cm³/mol. The predicted octanol–water partition coefficient (Wildman–Crippen LogP) is 1.21. The van der Waals surface area contributed by atoms with Crippen molar-refractivity contribution in [3.63, 3.8) is 0 Å². The van der Waals surface area contributed by atoms with Gasteiger partial charge < -0.3 is 15.5 Å². The van der Waals surface area contributed by atoms with E-state index in [1.165, 1.54) is 6.92 Å². The van der Waals surface area contributed by atoms with Gasteiger partial charge in [-0.05, 0) is 53.4 Å². The highest BCUT2D eigenvalue weighted by molar-refractivity contribution is 6.24. The number of carbonyl (C=O) groups is 3. The van der Waals surface area contributed by atoms with Crippen LogP contribution in [0.1, 0.15) is 53.4 Å². The third-order valence-corrected chi connectivity index (χ3v) is 4.53. The van der Waals surface area contributed by atoms with Gasteiger partial charge in [0.25, 0.3) is 5.91 Å². The zero-order valence-corrected chi connectivity index (χ0v) is 14.9. The molecule has 134 valence electrons. The molecule has 0 heterocycles. The van der Waals surface area contributed by atoms with E-state index < -0.39 is 11.5 Å². The van der Waals surface area contributed by atoms with Crippen LogP contribution in [0.15, 0.2) is 22.3 Å². The van der Waals surface area contributed by atoms with Crippen LogP contribution in [0.25, 0.3) is 0 Å². The second-order valence-corrected chi connectivity index (χ2v) is 6.47. The van der Waals surface area contributed by atoms with E-state index in [0.717, 1.165) is 0 Å². The Labute approximate surface area is 142 Å². The molecule has 0 aromatic heterocycles. The maximum atomic E-state index is 12.3. The van der Waals surface area contributed by atoms with Crippen LogP contribution in [0.2, 0.25) is 0 Å². The second kappa shape index (κ2) is 8.35. The molecule has 3 N–H and O–H groups in total. The van der Waals surface area contributed by atoms with Crippen molar-refractivity contribution in [2.24, 2.45) is 0 Å². The maximum Gasteiger partial charge on any atom is 0.251 e. The van der Waals surface area contributed by atoms with Gasteiger partial charge in [0.1, 0.15) is 5.60 Å². The van der Waals surface area contributed by atoms with Crippen LogP contribution in [0.4, 0.5) is 0 Å². The van der Waals surface area contributed by atoms with Crippen LogP contribution < -0.4 is 5.32 Å². The summed E-state index contributed by atoms with van der Waals surface area (Å²) in [5.74, 6) is -0.865. The lowest BCUT2D eigenvalue weighted by Crippen LogP contribution is -2.45. The Morgan fingerprint density at radius 2 is 1.62 bits per heavy atom. The van der Waals surface area contributed by atoms with Crippen molar-refractivity contribution in [2.45, 2.75) is 59.0 Å². The second-order valence-electron chi connectivity index (χ2n) is 6.47. The minimum absolute atomic E-state index is 0.0524. The van der Waals surface area contributed by atoms with Crippen molar-refractivity contribution in [3.05, 3.63) is 22.3 Å². The van der Waals surface area contributed by atoms with E-state index in [2.05, 4.69) is 5.32 Å². The van der Waals surface area contributed by atoms with Gasteiger partial charge in [-0.3, -0.25) is 14.4 Å². The van der Waals surface area contributed by atoms with Gasteiger partial charge >= 0.3 is 0 Å². The molecule has 0 radical (unpaired) electrons. The number of ketones is 2. The minimum Gasteiger partial charge on any atom is -0.396 e. The summed E-state index contributed by atoms with van der Waals surface area (Å²) in [5, 5.41) is 21.7. The van der Waals surface area contributed by atoms with Gasteiger partial charge in [-0.15, -0.1) is 0 Å². The number of Topliss-reactive ketones (excluding diaryl/α,β-unsaturated/α-hetero) is 2. The van der Waals surface area contributed by atoms with Crippen molar-refractivity contribution in [1.29, 1.82) is 0 Å². The van der Waals surface area contributed by atoms with Crippen molar-refractivity contribution < 1.29 is 24.6 Å². The largest absolute Gasteiger partial charge is 0.396 e. The highest BCUT2D eigenvalue weighted by atomic mass is 16.3. The molecular weight excluding hydrogens is 310 g/mol. The molecule has 0 saturated heterocycles. The van der Waals surface area contributed by atoms with Crippen molar-refractivity contribution in [3.8, 4) is 0 Å². The number of aliphatic hydroxyl groups is 2. The van der Waals surface area contributed by atoms with Crippen LogP contribution in [0, 0.1) is 0 Å². The molecule has 0 aromatic carbocycles. The normalized spacial score (nSPS) is 18.1. The summed E-state index contributed by atoms with van der Waals surface area (Å²) in [7, 11) is 0. The average Bonchev–Trinajstić information content (AvgIpc) is 2.54. The summed E-state index contributed by atoms with van der Waals surface area (Å²) in [6.07, 6.45) is 1.42. The summed E-state index contributed by atoms with van der Waals surface area (Å²) in [5.41, 5.74) is 0.0157. The fraction of sp³-hybridized carbons (Fsp3) is 0.611. The quantitative estimate of drug-likeness (QED) is 0.456. The lowest BCUT2D eigenvalue weighted by Gasteiger charge is -2.24. The molecule has 1 aliphatic rings. The van der Waals surface area contributed by atoms with E-state index in [0.29, 0.717) is 41.7 Å². The van der Waals surface area contributed by atoms with E-state index in [4.69, 9.17) is 5.11 Å². The number of nitrogens with one attached hydrogen (secondary N) is 1. The van der Waals surface area contributed by atoms with Gasteiger partial charge in [-0.2, -0.15) is 0 Å². The van der Waals surface area contributed by atoms with Gasteiger partial charge in [-0.25, -0.2) is 0 Å². The molecule has 1 unspecified atom stereocenters. The fourth-order valence-corrected chi connectivity index (χ4v) is 2.57. The number of carbonyl (C=O) groups excluding carboxylic acids is 3. The number of unbranched alkanes of at least 4 members (excludes halogenated alkanes) is 1. The minimum atomic E-state index is -1.63. The summed E-state index contributed by atoms with van der Waals surface area (Å²) < 4.78 is 0. The third kappa shape index (κ3) is 4.61. The van der Waals surface area contributed by atoms with Crippen molar-refractivity contribution in [1.82, 2.24) is 5.32 Å². The molecule has 1 atom stereocenters. The molecule has 6 nitrogen and oxygen atoms in total. The Bertz CT molecular complexity index is 599. The van der Waals surface area contributed by atoms with Gasteiger partial charge in [0.2, 0.25) is 0 Å². The fourth-order valence-electron chi connectivity index (χ4n) is 2.57. The lowest BCUT2D eigenvalue weighted by atomic mass is 9.82. The number of rotatable bonds is 8. The van der Waals surface area contributed by atoms with Gasteiger partial charge in [0.15, 0.2) is 11.6 Å². The molecule has 0 aliphatic heterocycles. The average molecular weight is 337 g/mol. The number of allylic oxidation sites excluding steroid dienone is 4. The monoisotopic (exact) mass is 337 g/mol. The number of aliphatic hydroxyl groups excluding tert-OH is 1. The summed E-state index contributed by atoms with van der Waals surface area (Å²) >= 11 is 0. The Kier molecular flexibility index (Phi) is 7.05. The van der Waals surface area contributed by atoms with E-state index >= 15 is 0 Å². The van der Waals surface area contributed by atoms with E-state index in [-0.39, 0.29) is 31.0 Å². The Hall–Kier alpha value is -1.79. The van der Waals surface area contributed by atoms with E-state index in [9.17, 15) is 19.5 Å².